The molecule has 0 aliphatic heterocycles. The van der Waals surface area contributed by atoms with Crippen LogP contribution in [0.1, 0.15) is 0 Å². The van der Waals surface area contributed by atoms with E-state index in [9.17, 15) is 10.2 Å². The van der Waals surface area contributed by atoms with E-state index in [2.05, 4.69) is 9.69 Å². The van der Waals surface area contributed by atoms with Crippen LogP contribution >= 0.6 is 23.2 Å². The molecule has 0 fully saturated rings. The number of benzene rings is 1. The first-order valence-corrected chi connectivity index (χ1v) is 3.98. The predicted molar refractivity (Wildman–Crippen MR) is 52.3 cm³/mol. The second-order valence-electron chi connectivity index (χ2n) is 2.25. The first kappa shape index (κ1) is 10.5. The smallest absolute Gasteiger partial charge is 0.240 e. The number of phenols is 2. The molecule has 4 nitrogen and oxygen atoms in total. The van der Waals surface area contributed by atoms with Crippen LogP contribution in [-0.2, 0) is 0 Å². The fraction of sp³-hybridized carbons (Fsp3) is 0. The summed E-state index contributed by atoms with van der Waals surface area (Å²) in [6, 6.07) is 0. The van der Waals surface area contributed by atoms with Gasteiger partial charge in [0.2, 0.25) is 11.4 Å². The van der Waals surface area contributed by atoms with Crippen LogP contribution in [0.3, 0.4) is 0 Å². The number of aromatic hydroxyl groups is 2. The van der Waals surface area contributed by atoms with E-state index in [1.165, 1.54) is 0 Å². The SMILES string of the molecule is [C-]#[N+]c1c(O)c(Cl)c(Cl)c(O)c1[N+]#[C-]. The monoisotopic (exact) mass is 228 g/mol. The molecule has 0 saturated heterocycles. The van der Waals surface area contributed by atoms with Gasteiger partial charge in [-0.25, -0.2) is 9.69 Å². The summed E-state index contributed by atoms with van der Waals surface area (Å²) in [5.41, 5.74) is -0.793. The van der Waals surface area contributed by atoms with E-state index in [4.69, 9.17) is 36.3 Å². The van der Waals surface area contributed by atoms with Gasteiger partial charge in [-0.05, 0) is 0 Å². The van der Waals surface area contributed by atoms with Crippen LogP contribution in [0.2, 0.25) is 10.0 Å². The quantitative estimate of drug-likeness (QED) is 0.528. The summed E-state index contributed by atoms with van der Waals surface area (Å²) in [5, 5.41) is 18.0. The maximum Gasteiger partial charge on any atom is 0.240 e. The van der Waals surface area contributed by atoms with Crippen LogP contribution in [0.4, 0.5) is 11.4 Å². The van der Waals surface area contributed by atoms with Gasteiger partial charge in [-0.1, -0.05) is 23.2 Å². The van der Waals surface area contributed by atoms with E-state index >= 15 is 0 Å². The topological polar surface area (TPSA) is 49.2 Å². The molecule has 0 unspecified atom stereocenters. The molecule has 0 atom stereocenters. The summed E-state index contributed by atoms with van der Waals surface area (Å²) in [4.78, 5) is 5.77. The summed E-state index contributed by atoms with van der Waals surface area (Å²) in [5.74, 6) is -1.18. The molecule has 0 radical (unpaired) electrons. The van der Waals surface area contributed by atoms with E-state index in [0.717, 1.165) is 0 Å². The van der Waals surface area contributed by atoms with Crippen LogP contribution < -0.4 is 0 Å². The van der Waals surface area contributed by atoms with Crippen LogP contribution in [0.15, 0.2) is 0 Å². The minimum absolute atomic E-state index is 0.331. The molecule has 0 aromatic heterocycles. The molecular weight excluding hydrogens is 227 g/mol. The number of phenolic OH excluding ortho intramolecular Hbond substituents is 2. The molecule has 0 aliphatic rings. The first-order chi connectivity index (χ1) is 6.54. The Hall–Kier alpha value is -1.62. The highest BCUT2D eigenvalue weighted by Gasteiger charge is 2.21. The zero-order valence-corrected chi connectivity index (χ0v) is 8.06. The lowest BCUT2D eigenvalue weighted by molar-refractivity contribution is 0.466. The first-order valence-electron chi connectivity index (χ1n) is 3.22. The van der Waals surface area contributed by atoms with Gasteiger partial charge in [0.1, 0.15) is 11.5 Å². The number of hydrogen-bond acceptors (Lipinski definition) is 2. The van der Waals surface area contributed by atoms with Gasteiger partial charge in [0.25, 0.3) is 0 Å². The minimum Gasteiger partial charge on any atom is -0.519 e. The van der Waals surface area contributed by atoms with E-state index < -0.39 is 22.9 Å². The van der Waals surface area contributed by atoms with Crippen molar-refractivity contribution in [2.45, 2.75) is 0 Å². The fourth-order valence-electron chi connectivity index (χ4n) is 0.852. The highest BCUT2D eigenvalue weighted by Crippen LogP contribution is 2.52. The lowest BCUT2D eigenvalue weighted by Crippen LogP contribution is -1.76. The van der Waals surface area contributed by atoms with Gasteiger partial charge >= 0.3 is 0 Å². The molecule has 0 aliphatic carbocycles. The molecule has 2 N–H and O–H groups in total. The van der Waals surface area contributed by atoms with Gasteiger partial charge in [-0.15, -0.1) is 0 Å². The Bertz CT molecular complexity index is 441. The standard InChI is InChI=1S/C8H2Cl2N2O2/c1-11-5-6(12-2)8(14)4(10)3(9)7(5)13/h13-14H. The Morgan fingerprint density at radius 2 is 1.14 bits per heavy atom. The molecule has 14 heavy (non-hydrogen) atoms. The van der Waals surface area contributed by atoms with Crippen LogP contribution in [0.25, 0.3) is 9.69 Å². The summed E-state index contributed by atoms with van der Waals surface area (Å²) >= 11 is 11.0. The van der Waals surface area contributed by atoms with Gasteiger partial charge in [-0.2, -0.15) is 0 Å². The Morgan fingerprint density at radius 1 is 0.857 bits per heavy atom. The number of halogens is 2. The molecule has 1 rings (SSSR count). The van der Waals surface area contributed by atoms with Gasteiger partial charge in [0.05, 0.1) is 23.2 Å². The van der Waals surface area contributed by atoms with Crippen molar-refractivity contribution in [3.63, 3.8) is 0 Å². The van der Waals surface area contributed by atoms with Crippen LogP contribution in [0, 0.1) is 13.1 Å². The van der Waals surface area contributed by atoms with Gasteiger partial charge < -0.3 is 10.2 Å². The van der Waals surface area contributed by atoms with Crippen molar-refractivity contribution in [3.8, 4) is 11.5 Å². The fourth-order valence-corrected chi connectivity index (χ4v) is 1.21. The minimum atomic E-state index is -0.588. The zero-order valence-electron chi connectivity index (χ0n) is 6.54. The van der Waals surface area contributed by atoms with Crippen LogP contribution in [0.5, 0.6) is 11.5 Å². The summed E-state index contributed by atoms with van der Waals surface area (Å²) in [7, 11) is 0. The van der Waals surface area contributed by atoms with E-state index in [-0.39, 0.29) is 10.0 Å². The third-order valence-electron chi connectivity index (χ3n) is 1.51. The average Bonchev–Trinajstić information content (AvgIpc) is 2.20. The lowest BCUT2D eigenvalue weighted by Gasteiger charge is -2.06. The molecule has 0 amide bonds. The average molecular weight is 229 g/mol. The molecule has 70 valence electrons. The highest BCUT2D eigenvalue weighted by molar-refractivity contribution is 6.44. The number of hydrogen-bond donors (Lipinski definition) is 2. The second kappa shape index (κ2) is 3.63. The highest BCUT2D eigenvalue weighted by atomic mass is 35.5. The van der Waals surface area contributed by atoms with Gasteiger partial charge in [-0.3, -0.25) is 0 Å². The molecule has 1 aromatic rings. The van der Waals surface area contributed by atoms with Crippen molar-refractivity contribution >= 4 is 34.6 Å². The van der Waals surface area contributed by atoms with E-state index in [0.29, 0.717) is 0 Å². The summed E-state index contributed by atoms with van der Waals surface area (Å²) in [6.07, 6.45) is 0. The molecule has 0 spiro atoms. The van der Waals surface area contributed by atoms with E-state index in [1.807, 2.05) is 0 Å². The number of rotatable bonds is 0. The summed E-state index contributed by atoms with van der Waals surface area (Å²) in [6.45, 7) is 13.4. The molecule has 0 bridgehead atoms. The molecule has 0 saturated carbocycles. The number of nitrogens with zero attached hydrogens (tertiary/aromatic N) is 2. The summed E-state index contributed by atoms with van der Waals surface area (Å²) < 4.78 is 0. The largest absolute Gasteiger partial charge is 0.519 e. The molecule has 6 heteroatoms. The van der Waals surface area contributed by atoms with Crippen molar-refractivity contribution in [2.24, 2.45) is 0 Å². The van der Waals surface area contributed by atoms with Crippen molar-refractivity contribution in [1.29, 1.82) is 0 Å². The molecule has 1 aromatic carbocycles. The molecule has 0 heterocycles. The Morgan fingerprint density at radius 3 is 1.36 bits per heavy atom. The Kier molecular flexibility index (Phi) is 2.71. The molecular formula is C8H2Cl2N2O2. The van der Waals surface area contributed by atoms with Gasteiger partial charge in [0.15, 0.2) is 0 Å². The third kappa shape index (κ3) is 1.31. The van der Waals surface area contributed by atoms with Crippen molar-refractivity contribution in [2.75, 3.05) is 0 Å². The second-order valence-corrected chi connectivity index (χ2v) is 3.00. The Balaban J connectivity index is 3.79. The zero-order chi connectivity index (χ0) is 10.9. The van der Waals surface area contributed by atoms with Crippen molar-refractivity contribution < 1.29 is 10.2 Å². The van der Waals surface area contributed by atoms with Crippen molar-refractivity contribution in [3.05, 3.63) is 32.9 Å². The maximum absolute atomic E-state index is 9.33. The van der Waals surface area contributed by atoms with E-state index in [1.54, 1.807) is 0 Å². The lowest BCUT2D eigenvalue weighted by atomic mass is 10.2. The normalized spacial score (nSPS) is 9.14. The van der Waals surface area contributed by atoms with Gasteiger partial charge in [0, 0.05) is 0 Å². The third-order valence-corrected chi connectivity index (χ3v) is 2.34. The van der Waals surface area contributed by atoms with Crippen LogP contribution in [-0.4, -0.2) is 10.2 Å². The Labute approximate surface area is 89.6 Å². The van der Waals surface area contributed by atoms with Crippen molar-refractivity contribution in [1.82, 2.24) is 0 Å². The maximum atomic E-state index is 9.33. The predicted octanol–water partition coefficient (Wildman–Crippen LogP) is 3.51.